The molecule has 1 unspecified atom stereocenters. The molecular formula is C27H26O6. The van der Waals surface area contributed by atoms with E-state index in [1.807, 2.05) is 24.3 Å². The highest BCUT2D eigenvalue weighted by Crippen LogP contribution is 2.30. The van der Waals surface area contributed by atoms with Gasteiger partial charge in [-0.25, -0.2) is 14.4 Å². The van der Waals surface area contributed by atoms with Gasteiger partial charge in [-0.15, -0.1) is 0 Å². The van der Waals surface area contributed by atoms with Crippen LogP contribution in [0.25, 0.3) is 21.5 Å². The van der Waals surface area contributed by atoms with Crippen molar-refractivity contribution < 1.29 is 29.3 Å². The zero-order chi connectivity index (χ0) is 24.5. The van der Waals surface area contributed by atoms with Crippen LogP contribution in [0, 0.1) is 5.92 Å². The fourth-order valence-corrected chi connectivity index (χ4v) is 3.27. The highest BCUT2D eigenvalue weighted by molar-refractivity contribution is 6.03. The van der Waals surface area contributed by atoms with Gasteiger partial charge in [0.25, 0.3) is 0 Å². The van der Waals surface area contributed by atoms with Gasteiger partial charge < -0.3 is 14.9 Å². The SMILES string of the molecule is C=C(C(=O)O)C(C)C=CC(=O)O.C=C(Cc1c2ccccc2cc2ccccc12)C(=O)OC. The summed E-state index contributed by atoms with van der Waals surface area (Å²) < 4.78 is 4.77. The normalized spacial score (nSPS) is 11.5. The van der Waals surface area contributed by atoms with E-state index in [4.69, 9.17) is 14.9 Å². The number of hydrogen-bond donors (Lipinski definition) is 2. The van der Waals surface area contributed by atoms with Crippen molar-refractivity contribution in [2.75, 3.05) is 7.11 Å². The molecule has 0 saturated carbocycles. The van der Waals surface area contributed by atoms with Gasteiger partial charge in [0, 0.05) is 29.6 Å². The number of benzene rings is 3. The molecule has 33 heavy (non-hydrogen) atoms. The quantitative estimate of drug-likeness (QED) is 0.295. The number of methoxy groups -OCH3 is 1. The van der Waals surface area contributed by atoms with Crippen molar-refractivity contribution in [1.29, 1.82) is 0 Å². The van der Waals surface area contributed by atoms with Crippen molar-refractivity contribution in [3.63, 3.8) is 0 Å². The van der Waals surface area contributed by atoms with Crippen molar-refractivity contribution in [3.05, 3.63) is 96.6 Å². The smallest absolute Gasteiger partial charge is 0.333 e. The number of aliphatic carboxylic acids is 2. The molecule has 0 amide bonds. The monoisotopic (exact) mass is 446 g/mol. The van der Waals surface area contributed by atoms with E-state index in [2.05, 4.69) is 43.5 Å². The van der Waals surface area contributed by atoms with Gasteiger partial charge in [-0.2, -0.15) is 0 Å². The summed E-state index contributed by atoms with van der Waals surface area (Å²) in [7, 11) is 1.38. The molecule has 2 N–H and O–H groups in total. The Hall–Kier alpha value is -4.19. The molecule has 6 heteroatoms. The Morgan fingerprint density at radius 3 is 1.94 bits per heavy atom. The third-order valence-electron chi connectivity index (χ3n) is 5.10. The van der Waals surface area contributed by atoms with Crippen LogP contribution < -0.4 is 0 Å². The lowest BCUT2D eigenvalue weighted by Crippen LogP contribution is -2.06. The molecule has 170 valence electrons. The van der Waals surface area contributed by atoms with Crippen LogP contribution in [0.5, 0.6) is 0 Å². The summed E-state index contributed by atoms with van der Waals surface area (Å²) in [6, 6.07) is 18.6. The lowest BCUT2D eigenvalue weighted by Gasteiger charge is -2.12. The molecule has 0 bridgehead atoms. The maximum atomic E-state index is 11.7. The van der Waals surface area contributed by atoms with Gasteiger partial charge >= 0.3 is 17.9 Å². The average Bonchev–Trinajstić information content (AvgIpc) is 2.81. The number of carbonyl (C=O) groups excluding carboxylic acids is 1. The second kappa shape index (κ2) is 11.4. The molecule has 0 spiro atoms. The molecule has 0 aliphatic carbocycles. The van der Waals surface area contributed by atoms with Gasteiger partial charge in [0.2, 0.25) is 0 Å². The van der Waals surface area contributed by atoms with Crippen LogP contribution >= 0.6 is 0 Å². The Bertz CT molecular complexity index is 1200. The van der Waals surface area contributed by atoms with Crippen LogP contribution in [-0.4, -0.2) is 35.2 Å². The highest BCUT2D eigenvalue weighted by atomic mass is 16.5. The van der Waals surface area contributed by atoms with E-state index in [9.17, 15) is 14.4 Å². The molecule has 6 nitrogen and oxygen atoms in total. The second-order valence-corrected chi connectivity index (χ2v) is 7.39. The van der Waals surface area contributed by atoms with Gasteiger partial charge in [0.1, 0.15) is 0 Å². The summed E-state index contributed by atoms with van der Waals surface area (Å²) >= 11 is 0. The number of carboxylic acid groups (broad SMARTS) is 2. The summed E-state index contributed by atoms with van der Waals surface area (Å²) in [5, 5.41) is 21.3. The van der Waals surface area contributed by atoms with Crippen LogP contribution in [0.15, 0.2) is 91.1 Å². The average molecular weight is 446 g/mol. The first-order valence-electron chi connectivity index (χ1n) is 10.1. The van der Waals surface area contributed by atoms with Crippen LogP contribution in [0.1, 0.15) is 12.5 Å². The lowest BCUT2D eigenvalue weighted by atomic mass is 9.93. The predicted octanol–water partition coefficient (Wildman–Crippen LogP) is 5.17. The van der Waals surface area contributed by atoms with E-state index in [1.165, 1.54) is 24.0 Å². The van der Waals surface area contributed by atoms with E-state index < -0.39 is 17.9 Å². The van der Waals surface area contributed by atoms with Crippen molar-refractivity contribution >= 4 is 39.5 Å². The lowest BCUT2D eigenvalue weighted by molar-refractivity contribution is -0.136. The first kappa shape index (κ1) is 25.1. The Balaban J connectivity index is 0.000000277. The third-order valence-corrected chi connectivity index (χ3v) is 5.10. The molecular weight excluding hydrogens is 420 g/mol. The molecule has 1 atom stereocenters. The van der Waals surface area contributed by atoms with Crippen molar-refractivity contribution in [2.24, 2.45) is 5.92 Å². The van der Waals surface area contributed by atoms with Gasteiger partial charge in [0.15, 0.2) is 0 Å². The molecule has 0 aliphatic heterocycles. The minimum atomic E-state index is -1.11. The van der Waals surface area contributed by atoms with Crippen LogP contribution in [0.3, 0.4) is 0 Å². The van der Waals surface area contributed by atoms with E-state index in [0.29, 0.717) is 12.0 Å². The van der Waals surface area contributed by atoms with E-state index >= 15 is 0 Å². The zero-order valence-electron chi connectivity index (χ0n) is 18.6. The summed E-state index contributed by atoms with van der Waals surface area (Å²) in [6.07, 6.45) is 2.67. The molecule has 0 fully saturated rings. The molecule has 0 aromatic heterocycles. The van der Waals surface area contributed by atoms with Crippen molar-refractivity contribution in [3.8, 4) is 0 Å². The maximum Gasteiger partial charge on any atom is 0.333 e. The minimum absolute atomic E-state index is 0.0208. The number of ether oxygens (including phenoxy) is 1. The Kier molecular flexibility index (Phi) is 8.69. The fraction of sp³-hybridized carbons (Fsp3) is 0.148. The largest absolute Gasteiger partial charge is 0.478 e. The summed E-state index contributed by atoms with van der Waals surface area (Å²) in [5.74, 6) is -3.02. The number of rotatable bonds is 7. The van der Waals surface area contributed by atoms with E-state index in [1.54, 1.807) is 6.92 Å². The summed E-state index contributed by atoms with van der Waals surface area (Å²) in [4.78, 5) is 32.0. The Morgan fingerprint density at radius 1 is 0.970 bits per heavy atom. The first-order valence-corrected chi connectivity index (χ1v) is 10.1. The van der Waals surface area contributed by atoms with Crippen molar-refractivity contribution in [1.82, 2.24) is 0 Å². The summed E-state index contributed by atoms with van der Waals surface area (Å²) in [6.45, 7) is 8.71. The fourth-order valence-electron chi connectivity index (χ4n) is 3.27. The number of carbonyl (C=O) groups is 3. The molecule has 3 rings (SSSR count). The van der Waals surface area contributed by atoms with Gasteiger partial charge in [0.05, 0.1) is 7.11 Å². The zero-order valence-corrected chi connectivity index (χ0v) is 18.6. The van der Waals surface area contributed by atoms with Crippen LogP contribution in [-0.2, 0) is 25.5 Å². The molecule has 3 aromatic rings. The van der Waals surface area contributed by atoms with E-state index in [-0.39, 0.29) is 11.5 Å². The minimum Gasteiger partial charge on any atom is -0.478 e. The number of fused-ring (bicyclic) bond motifs is 2. The Morgan fingerprint density at radius 2 is 1.48 bits per heavy atom. The number of esters is 1. The third kappa shape index (κ3) is 6.64. The van der Waals surface area contributed by atoms with Gasteiger partial charge in [-0.05, 0) is 33.2 Å². The van der Waals surface area contributed by atoms with Gasteiger partial charge in [-0.1, -0.05) is 74.7 Å². The number of allylic oxidation sites excluding steroid dienone is 1. The second-order valence-electron chi connectivity index (χ2n) is 7.39. The van der Waals surface area contributed by atoms with Crippen molar-refractivity contribution in [2.45, 2.75) is 13.3 Å². The molecule has 3 aromatic carbocycles. The Labute approximate surface area is 192 Å². The standard InChI is InChI=1S/C19H16O2.C8H10O4/c1-13(19(20)21-2)11-18-16-9-5-3-7-14(16)12-15-8-4-6-10-17(15)18;1-5(3-4-7(9)10)6(2)8(11)12/h3-10,12H,1,11H2,2H3;3-5H,2H2,1H3,(H,9,10)(H,11,12). The molecule has 0 aliphatic rings. The first-order chi connectivity index (χ1) is 15.6. The predicted molar refractivity (Wildman–Crippen MR) is 129 cm³/mol. The summed E-state index contributed by atoms with van der Waals surface area (Å²) in [5.41, 5.74) is 1.57. The number of carboxylic acids is 2. The topological polar surface area (TPSA) is 101 Å². The molecule has 0 saturated heterocycles. The highest BCUT2D eigenvalue weighted by Gasteiger charge is 2.13. The molecule has 0 radical (unpaired) electrons. The maximum absolute atomic E-state index is 11.7. The van der Waals surface area contributed by atoms with Gasteiger partial charge in [-0.3, -0.25) is 0 Å². The van der Waals surface area contributed by atoms with Crippen LogP contribution in [0.4, 0.5) is 0 Å². The number of hydrogen-bond acceptors (Lipinski definition) is 4. The van der Waals surface area contributed by atoms with Crippen LogP contribution in [0.2, 0.25) is 0 Å². The van der Waals surface area contributed by atoms with E-state index in [0.717, 1.165) is 22.4 Å². The molecule has 0 heterocycles.